The number of hydrogen-bond donors (Lipinski definition) is 3. The van der Waals surface area contributed by atoms with E-state index in [1.807, 2.05) is 61.5 Å². The highest BCUT2D eigenvalue weighted by molar-refractivity contribution is 7.38. The molecule has 2 aromatic carbocycles. The fraction of sp³-hybridized carbons (Fsp3) is 0.200. The van der Waals surface area contributed by atoms with Crippen LogP contribution in [-0.4, -0.2) is 27.9 Å². The van der Waals surface area contributed by atoms with Crippen LogP contribution in [0, 0.1) is 6.92 Å². The number of aryl methyl sites for hydroxylation is 1. The lowest BCUT2D eigenvalue weighted by atomic mass is 10.2. The molecule has 0 aromatic heterocycles. The van der Waals surface area contributed by atoms with Crippen LogP contribution in [0.2, 0.25) is 0 Å². The van der Waals surface area contributed by atoms with Crippen LogP contribution in [0.15, 0.2) is 54.6 Å². The maximum absolute atomic E-state index is 7.23. The summed E-state index contributed by atoms with van der Waals surface area (Å²) in [6.07, 6.45) is 0. The van der Waals surface area contributed by atoms with Crippen molar-refractivity contribution < 1.29 is 29.2 Å². The van der Waals surface area contributed by atoms with E-state index >= 15 is 0 Å². The highest BCUT2D eigenvalue weighted by atomic mass is 31.2. The molecule has 6 nitrogen and oxygen atoms in total. The molecular formula is C15H19O6P. The van der Waals surface area contributed by atoms with Crippen molar-refractivity contribution in [2.45, 2.75) is 6.92 Å². The Morgan fingerprint density at radius 3 is 2.00 bits per heavy atom. The zero-order chi connectivity index (χ0) is 16.2. The van der Waals surface area contributed by atoms with E-state index in [9.17, 15) is 0 Å². The summed E-state index contributed by atoms with van der Waals surface area (Å²) in [4.78, 5) is 31.8. The summed E-state index contributed by atoms with van der Waals surface area (Å²) in [7, 11) is -2.62. The lowest BCUT2D eigenvalue weighted by Crippen LogP contribution is -2.08. The van der Waals surface area contributed by atoms with Crippen LogP contribution < -0.4 is 9.62 Å². The molecule has 0 spiro atoms. The molecule has 0 aliphatic carbocycles. The SMILES string of the molecule is Cc1ccc(OCCOOc2ccccc2)cc1.OP(O)O. The Morgan fingerprint density at radius 2 is 1.41 bits per heavy atom. The van der Waals surface area contributed by atoms with Gasteiger partial charge < -0.3 is 24.3 Å². The van der Waals surface area contributed by atoms with Gasteiger partial charge in [-0.05, 0) is 31.2 Å². The van der Waals surface area contributed by atoms with E-state index in [0.29, 0.717) is 19.0 Å². The van der Waals surface area contributed by atoms with Gasteiger partial charge in [0, 0.05) is 0 Å². The van der Waals surface area contributed by atoms with Gasteiger partial charge in [0.15, 0.2) is 5.75 Å². The van der Waals surface area contributed by atoms with Crippen LogP contribution in [0.3, 0.4) is 0 Å². The molecule has 0 saturated heterocycles. The van der Waals surface area contributed by atoms with Crippen molar-refractivity contribution in [2.24, 2.45) is 0 Å². The molecule has 7 heteroatoms. The quantitative estimate of drug-likeness (QED) is 0.327. The molecule has 0 aliphatic heterocycles. The number of ether oxygens (including phenoxy) is 1. The molecule has 3 N–H and O–H groups in total. The predicted molar refractivity (Wildman–Crippen MR) is 83.3 cm³/mol. The molecule has 0 bridgehead atoms. The van der Waals surface area contributed by atoms with E-state index in [1.54, 1.807) is 0 Å². The fourth-order valence-corrected chi connectivity index (χ4v) is 1.41. The maximum Gasteiger partial charge on any atom is 0.324 e. The molecule has 0 aliphatic rings. The van der Waals surface area contributed by atoms with Gasteiger partial charge in [-0.3, -0.25) is 0 Å². The maximum atomic E-state index is 7.23. The Bertz CT molecular complexity index is 500. The first-order valence-electron chi connectivity index (χ1n) is 6.48. The zero-order valence-electron chi connectivity index (χ0n) is 12.1. The van der Waals surface area contributed by atoms with E-state index in [1.165, 1.54) is 5.56 Å². The van der Waals surface area contributed by atoms with Crippen molar-refractivity contribution in [2.75, 3.05) is 13.2 Å². The van der Waals surface area contributed by atoms with Gasteiger partial charge in [0.1, 0.15) is 19.0 Å². The third-order valence-electron chi connectivity index (χ3n) is 2.35. The minimum atomic E-state index is -2.62. The lowest BCUT2D eigenvalue weighted by molar-refractivity contribution is -0.210. The van der Waals surface area contributed by atoms with Gasteiger partial charge in [0.05, 0.1) is 0 Å². The van der Waals surface area contributed by atoms with Gasteiger partial charge >= 0.3 is 8.60 Å². The zero-order valence-corrected chi connectivity index (χ0v) is 13.0. The molecule has 0 fully saturated rings. The Labute approximate surface area is 130 Å². The highest BCUT2D eigenvalue weighted by Crippen LogP contribution is 2.12. The van der Waals surface area contributed by atoms with Crippen molar-refractivity contribution in [1.29, 1.82) is 0 Å². The number of hydrogen-bond acceptors (Lipinski definition) is 6. The molecule has 0 amide bonds. The van der Waals surface area contributed by atoms with Crippen molar-refractivity contribution in [3.63, 3.8) is 0 Å². The third kappa shape index (κ3) is 9.28. The van der Waals surface area contributed by atoms with Crippen molar-refractivity contribution in [3.05, 3.63) is 60.2 Å². The van der Waals surface area contributed by atoms with Crippen LogP contribution in [-0.2, 0) is 4.89 Å². The highest BCUT2D eigenvalue weighted by Gasteiger charge is 1.95. The molecule has 0 saturated carbocycles. The molecule has 120 valence electrons. The average molecular weight is 326 g/mol. The van der Waals surface area contributed by atoms with Gasteiger partial charge in [0.25, 0.3) is 0 Å². The molecule has 0 unspecified atom stereocenters. The second-order valence-corrected chi connectivity index (χ2v) is 4.68. The van der Waals surface area contributed by atoms with Crippen molar-refractivity contribution >= 4 is 8.60 Å². The predicted octanol–water partition coefficient (Wildman–Crippen LogP) is 2.57. The first-order valence-corrected chi connectivity index (χ1v) is 7.68. The second-order valence-electron chi connectivity index (χ2n) is 4.15. The topological polar surface area (TPSA) is 88.4 Å². The number of rotatable bonds is 6. The first-order chi connectivity index (χ1) is 10.6. The summed E-state index contributed by atoms with van der Waals surface area (Å²) in [5.74, 6) is 1.52. The molecule has 0 radical (unpaired) electrons. The van der Waals surface area contributed by atoms with Crippen LogP contribution in [0.1, 0.15) is 5.56 Å². The van der Waals surface area contributed by atoms with Gasteiger partial charge in [0.2, 0.25) is 0 Å². The number of benzene rings is 2. The Hall–Kier alpha value is -1.69. The normalized spacial score (nSPS) is 9.86. The minimum absolute atomic E-state index is 0.378. The summed E-state index contributed by atoms with van der Waals surface area (Å²) < 4.78 is 5.49. The molecular weight excluding hydrogens is 307 g/mol. The average Bonchev–Trinajstić information content (AvgIpc) is 2.49. The van der Waals surface area contributed by atoms with Crippen LogP contribution in [0.25, 0.3) is 0 Å². The van der Waals surface area contributed by atoms with Crippen LogP contribution in [0.4, 0.5) is 0 Å². The van der Waals surface area contributed by atoms with E-state index in [0.717, 1.165) is 5.75 Å². The van der Waals surface area contributed by atoms with Gasteiger partial charge in [-0.25, -0.2) is 0 Å². The van der Waals surface area contributed by atoms with E-state index in [-0.39, 0.29) is 0 Å². The van der Waals surface area contributed by atoms with E-state index in [4.69, 9.17) is 29.2 Å². The largest absolute Gasteiger partial charge is 0.491 e. The molecule has 2 aromatic rings. The minimum Gasteiger partial charge on any atom is -0.491 e. The lowest BCUT2D eigenvalue weighted by Gasteiger charge is -2.07. The summed E-state index contributed by atoms with van der Waals surface area (Å²) >= 11 is 0. The molecule has 2 rings (SSSR count). The molecule has 0 atom stereocenters. The van der Waals surface area contributed by atoms with Gasteiger partial charge in [-0.15, -0.1) is 0 Å². The van der Waals surface area contributed by atoms with Crippen molar-refractivity contribution in [3.8, 4) is 11.5 Å². The monoisotopic (exact) mass is 326 g/mol. The Morgan fingerprint density at radius 1 is 0.818 bits per heavy atom. The van der Waals surface area contributed by atoms with Crippen LogP contribution >= 0.6 is 8.60 Å². The first kappa shape index (κ1) is 18.4. The fourth-order valence-electron chi connectivity index (χ4n) is 1.41. The molecule has 22 heavy (non-hydrogen) atoms. The van der Waals surface area contributed by atoms with E-state index in [2.05, 4.69) is 0 Å². The Balaban J connectivity index is 0.000000541. The summed E-state index contributed by atoms with van der Waals surface area (Å²) in [6, 6.07) is 17.3. The third-order valence-corrected chi connectivity index (χ3v) is 2.35. The number of para-hydroxylation sites is 1. The van der Waals surface area contributed by atoms with Crippen molar-refractivity contribution in [1.82, 2.24) is 0 Å². The van der Waals surface area contributed by atoms with E-state index < -0.39 is 8.60 Å². The summed E-state index contributed by atoms with van der Waals surface area (Å²) in [5, 5.41) is 0. The van der Waals surface area contributed by atoms with Gasteiger partial charge in [-0.1, -0.05) is 35.9 Å². The summed E-state index contributed by atoms with van der Waals surface area (Å²) in [6.45, 7) is 2.87. The molecule has 0 heterocycles. The van der Waals surface area contributed by atoms with Gasteiger partial charge in [-0.2, -0.15) is 4.89 Å². The standard InChI is InChI=1S/C15H16O3.H3O3P/c1-13-7-9-14(10-8-13)16-11-12-17-18-15-5-3-2-4-6-15;1-4(2)3/h2-10H,11-12H2,1H3;1-3H. The second kappa shape index (κ2) is 11.0. The van der Waals surface area contributed by atoms with Crippen LogP contribution in [0.5, 0.6) is 11.5 Å². The Kier molecular flexibility index (Phi) is 9.14. The smallest absolute Gasteiger partial charge is 0.324 e. The summed E-state index contributed by atoms with van der Waals surface area (Å²) in [5.41, 5.74) is 1.21.